The average Bonchev–Trinajstić information content (AvgIpc) is 2.62. The Morgan fingerprint density at radius 3 is 3.14 bits per heavy atom. The zero-order chi connectivity index (χ0) is 9.97. The smallest absolute Gasteiger partial charge is 0.221 e. The molecule has 3 nitrogen and oxygen atoms in total. The van der Waals surface area contributed by atoms with Gasteiger partial charge in [0.05, 0.1) is 0 Å². The van der Waals surface area contributed by atoms with Gasteiger partial charge in [-0.15, -0.1) is 0 Å². The third-order valence-electron chi connectivity index (χ3n) is 2.64. The lowest BCUT2D eigenvalue weighted by Crippen LogP contribution is -2.24. The summed E-state index contributed by atoms with van der Waals surface area (Å²) in [6, 6.07) is 8.42. The van der Waals surface area contributed by atoms with Gasteiger partial charge in [-0.25, -0.2) is 0 Å². The molecule has 2 rings (SSSR count). The van der Waals surface area contributed by atoms with Crippen LogP contribution < -0.4 is 10.6 Å². The fourth-order valence-electron chi connectivity index (χ4n) is 1.85. The van der Waals surface area contributed by atoms with Crippen molar-refractivity contribution in [2.75, 3.05) is 7.05 Å². The van der Waals surface area contributed by atoms with E-state index in [1.807, 2.05) is 12.1 Å². The molecule has 1 aromatic carbocycles. The fraction of sp³-hybridized carbons (Fsp3) is 0.364. The van der Waals surface area contributed by atoms with Gasteiger partial charge in [-0.05, 0) is 11.1 Å². The van der Waals surface area contributed by atoms with Gasteiger partial charge in [0.1, 0.15) is 0 Å². The largest absolute Gasteiger partial charge is 0.359 e. The molecule has 1 aliphatic heterocycles. The summed E-state index contributed by atoms with van der Waals surface area (Å²) in [6.07, 6.45) is 0.521. The van der Waals surface area contributed by atoms with Gasteiger partial charge in [0.25, 0.3) is 0 Å². The SMILES string of the molecule is CNC(=O)CC1NCc2ccccc21. The summed E-state index contributed by atoms with van der Waals surface area (Å²) in [5.41, 5.74) is 2.57. The van der Waals surface area contributed by atoms with E-state index in [0.717, 1.165) is 6.54 Å². The zero-order valence-electron chi connectivity index (χ0n) is 8.21. The second-order valence-electron chi connectivity index (χ2n) is 3.51. The average molecular weight is 190 g/mol. The third-order valence-corrected chi connectivity index (χ3v) is 2.64. The van der Waals surface area contributed by atoms with Crippen molar-refractivity contribution < 1.29 is 4.79 Å². The number of carbonyl (C=O) groups is 1. The molecule has 3 heteroatoms. The quantitative estimate of drug-likeness (QED) is 0.729. The molecule has 1 amide bonds. The second kappa shape index (κ2) is 3.80. The van der Waals surface area contributed by atoms with E-state index in [9.17, 15) is 4.79 Å². The molecule has 1 aromatic rings. The molecule has 1 unspecified atom stereocenters. The number of amides is 1. The van der Waals surface area contributed by atoms with Crippen LogP contribution in [0.15, 0.2) is 24.3 Å². The fourth-order valence-corrected chi connectivity index (χ4v) is 1.85. The Morgan fingerprint density at radius 1 is 1.57 bits per heavy atom. The Balaban J connectivity index is 2.14. The van der Waals surface area contributed by atoms with Crippen LogP contribution in [0.5, 0.6) is 0 Å². The summed E-state index contributed by atoms with van der Waals surface area (Å²) < 4.78 is 0. The van der Waals surface area contributed by atoms with Crippen LogP contribution in [-0.2, 0) is 11.3 Å². The number of benzene rings is 1. The van der Waals surface area contributed by atoms with E-state index >= 15 is 0 Å². The maximum absolute atomic E-state index is 11.2. The first-order valence-corrected chi connectivity index (χ1v) is 4.83. The molecule has 0 spiro atoms. The molecule has 1 heterocycles. The van der Waals surface area contributed by atoms with Gasteiger partial charge in [-0.1, -0.05) is 24.3 Å². The van der Waals surface area contributed by atoms with Crippen molar-refractivity contribution in [1.82, 2.24) is 10.6 Å². The number of fused-ring (bicyclic) bond motifs is 1. The summed E-state index contributed by atoms with van der Waals surface area (Å²) in [5, 5.41) is 5.97. The lowest BCUT2D eigenvalue weighted by atomic mass is 10.0. The first-order valence-electron chi connectivity index (χ1n) is 4.83. The first-order chi connectivity index (χ1) is 6.81. The van der Waals surface area contributed by atoms with Crippen LogP contribution in [-0.4, -0.2) is 13.0 Å². The molecule has 0 aromatic heterocycles. The molecule has 0 radical (unpaired) electrons. The summed E-state index contributed by atoms with van der Waals surface area (Å²) in [5.74, 6) is 0.0826. The Morgan fingerprint density at radius 2 is 2.36 bits per heavy atom. The molecule has 14 heavy (non-hydrogen) atoms. The highest BCUT2D eigenvalue weighted by atomic mass is 16.1. The highest BCUT2D eigenvalue weighted by molar-refractivity contribution is 5.76. The Bertz CT molecular complexity index is 349. The van der Waals surface area contributed by atoms with E-state index < -0.39 is 0 Å². The van der Waals surface area contributed by atoms with E-state index in [0.29, 0.717) is 6.42 Å². The minimum Gasteiger partial charge on any atom is -0.359 e. The Hall–Kier alpha value is -1.35. The van der Waals surface area contributed by atoms with Gasteiger partial charge in [0.15, 0.2) is 0 Å². The van der Waals surface area contributed by atoms with Crippen molar-refractivity contribution in [1.29, 1.82) is 0 Å². The monoisotopic (exact) mass is 190 g/mol. The third kappa shape index (κ3) is 1.63. The number of hydrogen-bond acceptors (Lipinski definition) is 2. The highest BCUT2D eigenvalue weighted by Crippen LogP contribution is 2.26. The topological polar surface area (TPSA) is 41.1 Å². The Labute approximate surface area is 83.5 Å². The number of carbonyl (C=O) groups excluding carboxylic acids is 1. The van der Waals surface area contributed by atoms with Crippen molar-refractivity contribution in [3.05, 3.63) is 35.4 Å². The summed E-state index contributed by atoms with van der Waals surface area (Å²) in [7, 11) is 1.67. The van der Waals surface area contributed by atoms with Gasteiger partial charge in [-0.3, -0.25) is 4.79 Å². The molecular formula is C11H14N2O. The highest BCUT2D eigenvalue weighted by Gasteiger charge is 2.22. The van der Waals surface area contributed by atoms with Crippen molar-refractivity contribution in [2.45, 2.75) is 19.0 Å². The summed E-state index contributed by atoms with van der Waals surface area (Å²) >= 11 is 0. The van der Waals surface area contributed by atoms with Crippen molar-refractivity contribution in [2.24, 2.45) is 0 Å². The molecule has 0 saturated carbocycles. The van der Waals surface area contributed by atoms with Gasteiger partial charge < -0.3 is 10.6 Å². The summed E-state index contributed by atoms with van der Waals surface area (Å²) in [6.45, 7) is 0.873. The van der Waals surface area contributed by atoms with Crippen LogP contribution in [0.1, 0.15) is 23.6 Å². The predicted molar refractivity (Wildman–Crippen MR) is 54.7 cm³/mol. The molecule has 0 saturated heterocycles. The predicted octanol–water partition coefficient (Wildman–Crippen LogP) is 0.967. The number of nitrogens with one attached hydrogen (secondary N) is 2. The molecule has 0 fully saturated rings. The van der Waals surface area contributed by atoms with Crippen LogP contribution in [0, 0.1) is 0 Å². The second-order valence-corrected chi connectivity index (χ2v) is 3.51. The molecule has 1 aliphatic rings. The Kier molecular flexibility index (Phi) is 2.50. The van der Waals surface area contributed by atoms with Crippen LogP contribution in [0.3, 0.4) is 0 Å². The van der Waals surface area contributed by atoms with E-state index in [2.05, 4.69) is 22.8 Å². The van der Waals surface area contributed by atoms with Crippen LogP contribution >= 0.6 is 0 Å². The van der Waals surface area contributed by atoms with Crippen molar-refractivity contribution in [3.8, 4) is 0 Å². The number of rotatable bonds is 2. The normalized spacial score (nSPS) is 19.1. The van der Waals surface area contributed by atoms with E-state index in [4.69, 9.17) is 0 Å². The van der Waals surface area contributed by atoms with Gasteiger partial charge in [-0.2, -0.15) is 0 Å². The lowest BCUT2D eigenvalue weighted by Gasteiger charge is -2.10. The van der Waals surface area contributed by atoms with E-state index in [1.165, 1.54) is 11.1 Å². The van der Waals surface area contributed by atoms with Gasteiger partial charge >= 0.3 is 0 Å². The first kappa shape index (κ1) is 9.21. The maximum atomic E-state index is 11.2. The molecule has 74 valence electrons. The lowest BCUT2D eigenvalue weighted by molar-refractivity contribution is -0.121. The van der Waals surface area contributed by atoms with Crippen molar-refractivity contribution >= 4 is 5.91 Å². The summed E-state index contributed by atoms with van der Waals surface area (Å²) in [4.78, 5) is 11.2. The minimum atomic E-state index is 0.0826. The van der Waals surface area contributed by atoms with Crippen LogP contribution in [0.2, 0.25) is 0 Å². The standard InChI is InChI=1S/C11H14N2O/c1-12-11(14)6-10-9-5-3-2-4-8(9)7-13-10/h2-5,10,13H,6-7H2,1H3,(H,12,14). The molecule has 1 atom stereocenters. The number of hydrogen-bond donors (Lipinski definition) is 2. The van der Waals surface area contributed by atoms with E-state index in [-0.39, 0.29) is 11.9 Å². The minimum absolute atomic E-state index is 0.0826. The molecule has 0 aliphatic carbocycles. The van der Waals surface area contributed by atoms with Crippen molar-refractivity contribution in [3.63, 3.8) is 0 Å². The zero-order valence-corrected chi connectivity index (χ0v) is 8.21. The van der Waals surface area contributed by atoms with Crippen LogP contribution in [0.4, 0.5) is 0 Å². The molecule has 2 N–H and O–H groups in total. The molecule has 0 bridgehead atoms. The van der Waals surface area contributed by atoms with Gasteiger partial charge in [0, 0.05) is 26.1 Å². The van der Waals surface area contributed by atoms with E-state index in [1.54, 1.807) is 7.05 Å². The van der Waals surface area contributed by atoms with Gasteiger partial charge in [0.2, 0.25) is 5.91 Å². The van der Waals surface area contributed by atoms with Crippen LogP contribution in [0.25, 0.3) is 0 Å². The molecular weight excluding hydrogens is 176 g/mol. The maximum Gasteiger partial charge on any atom is 0.221 e.